The van der Waals surface area contributed by atoms with Gasteiger partial charge in [0.1, 0.15) is 0 Å². The van der Waals surface area contributed by atoms with Gasteiger partial charge in [-0.15, -0.1) is 0 Å². The Morgan fingerprint density at radius 2 is 1.93 bits per heavy atom. The molecule has 0 heterocycles. The molecule has 1 nitrogen and oxygen atoms in total. The highest BCUT2D eigenvalue weighted by molar-refractivity contribution is 7.99. The topological polar surface area (TPSA) is 12.0 Å². The molecule has 0 aliphatic heterocycles. The summed E-state index contributed by atoms with van der Waals surface area (Å²) in [6.07, 6.45) is 4.04. The molecule has 2 heteroatoms. The molecule has 0 rings (SSSR count). The molecule has 2 atom stereocenters. The lowest BCUT2D eigenvalue weighted by Crippen LogP contribution is -2.32. The molecule has 0 aliphatic carbocycles. The van der Waals surface area contributed by atoms with Crippen molar-refractivity contribution in [3.63, 3.8) is 0 Å². The molecule has 0 radical (unpaired) electrons. The lowest BCUT2D eigenvalue weighted by atomic mass is 9.98. The van der Waals surface area contributed by atoms with Crippen molar-refractivity contribution in [1.82, 2.24) is 5.32 Å². The molecule has 0 aromatic heterocycles. The van der Waals surface area contributed by atoms with E-state index in [0.29, 0.717) is 0 Å². The van der Waals surface area contributed by atoms with E-state index >= 15 is 0 Å². The standard InChI is InChI=1S/C12H27NS/c1-5-8-11(4)9-12(13-6-2)10-14-7-3/h11-13H,5-10H2,1-4H3. The molecule has 0 aromatic carbocycles. The molecule has 0 saturated heterocycles. The zero-order valence-corrected chi connectivity index (χ0v) is 11.1. The summed E-state index contributed by atoms with van der Waals surface area (Å²) in [6, 6.07) is 0.728. The Bertz CT molecular complexity index is 117. The van der Waals surface area contributed by atoms with Crippen molar-refractivity contribution < 1.29 is 0 Å². The molecule has 86 valence electrons. The van der Waals surface area contributed by atoms with Gasteiger partial charge in [-0.1, -0.05) is 40.5 Å². The van der Waals surface area contributed by atoms with E-state index in [4.69, 9.17) is 0 Å². The van der Waals surface area contributed by atoms with Crippen LogP contribution in [0.5, 0.6) is 0 Å². The van der Waals surface area contributed by atoms with Crippen LogP contribution in [-0.2, 0) is 0 Å². The predicted molar refractivity (Wildman–Crippen MR) is 69.2 cm³/mol. The average molecular weight is 217 g/mol. The monoisotopic (exact) mass is 217 g/mol. The summed E-state index contributed by atoms with van der Waals surface area (Å²) in [4.78, 5) is 0. The van der Waals surface area contributed by atoms with Gasteiger partial charge in [0.15, 0.2) is 0 Å². The van der Waals surface area contributed by atoms with Crippen LogP contribution in [0.3, 0.4) is 0 Å². The maximum absolute atomic E-state index is 3.59. The summed E-state index contributed by atoms with van der Waals surface area (Å²) in [6.45, 7) is 10.2. The second kappa shape index (κ2) is 9.85. The van der Waals surface area contributed by atoms with E-state index in [1.54, 1.807) is 0 Å². The highest BCUT2D eigenvalue weighted by Crippen LogP contribution is 2.15. The predicted octanol–water partition coefficient (Wildman–Crippen LogP) is 3.54. The summed E-state index contributed by atoms with van der Waals surface area (Å²) in [7, 11) is 0. The van der Waals surface area contributed by atoms with Gasteiger partial charge in [0, 0.05) is 11.8 Å². The largest absolute Gasteiger partial charge is 0.313 e. The van der Waals surface area contributed by atoms with E-state index in [0.717, 1.165) is 18.5 Å². The normalized spacial score (nSPS) is 15.4. The number of rotatable bonds is 9. The molecule has 2 unspecified atom stereocenters. The van der Waals surface area contributed by atoms with Crippen LogP contribution in [0.4, 0.5) is 0 Å². The highest BCUT2D eigenvalue weighted by Gasteiger charge is 2.11. The Hall–Kier alpha value is 0.310. The number of thioether (sulfide) groups is 1. The first-order valence-corrected chi connectivity index (χ1v) is 7.21. The molecule has 0 fully saturated rings. The van der Waals surface area contributed by atoms with E-state index in [1.165, 1.54) is 30.8 Å². The van der Waals surface area contributed by atoms with Crippen LogP contribution < -0.4 is 5.32 Å². The zero-order chi connectivity index (χ0) is 10.8. The third-order valence-corrected chi connectivity index (χ3v) is 3.53. The second-order valence-corrected chi connectivity index (χ2v) is 5.36. The number of nitrogens with one attached hydrogen (secondary N) is 1. The van der Waals surface area contributed by atoms with Gasteiger partial charge in [0.05, 0.1) is 0 Å². The Balaban J connectivity index is 3.69. The third kappa shape index (κ3) is 7.69. The molecule has 0 aromatic rings. The summed E-state index contributed by atoms with van der Waals surface area (Å²) in [5, 5.41) is 3.59. The van der Waals surface area contributed by atoms with Crippen molar-refractivity contribution in [2.45, 2.75) is 53.0 Å². The van der Waals surface area contributed by atoms with Crippen LogP contribution in [0, 0.1) is 5.92 Å². The molecular formula is C12H27NS. The van der Waals surface area contributed by atoms with Crippen LogP contribution in [0.15, 0.2) is 0 Å². The van der Waals surface area contributed by atoms with Gasteiger partial charge in [0.2, 0.25) is 0 Å². The van der Waals surface area contributed by atoms with Crippen LogP contribution in [0.2, 0.25) is 0 Å². The molecule has 0 saturated carbocycles. The number of hydrogen-bond donors (Lipinski definition) is 1. The quantitative estimate of drug-likeness (QED) is 0.634. The van der Waals surface area contributed by atoms with Gasteiger partial charge < -0.3 is 5.32 Å². The summed E-state index contributed by atoms with van der Waals surface area (Å²) >= 11 is 2.05. The van der Waals surface area contributed by atoms with E-state index in [1.807, 2.05) is 0 Å². The zero-order valence-electron chi connectivity index (χ0n) is 10.3. The van der Waals surface area contributed by atoms with Gasteiger partial charge in [0.25, 0.3) is 0 Å². The first kappa shape index (κ1) is 14.3. The maximum Gasteiger partial charge on any atom is 0.0160 e. The van der Waals surface area contributed by atoms with Crippen molar-refractivity contribution >= 4 is 11.8 Å². The minimum absolute atomic E-state index is 0.728. The van der Waals surface area contributed by atoms with Gasteiger partial charge in [-0.05, 0) is 24.6 Å². The van der Waals surface area contributed by atoms with Crippen molar-refractivity contribution in [2.24, 2.45) is 5.92 Å². The molecule has 14 heavy (non-hydrogen) atoms. The molecule has 0 aliphatic rings. The molecule has 1 N–H and O–H groups in total. The lowest BCUT2D eigenvalue weighted by molar-refractivity contribution is 0.409. The fraction of sp³-hybridized carbons (Fsp3) is 1.00. The third-order valence-electron chi connectivity index (χ3n) is 2.48. The van der Waals surface area contributed by atoms with E-state index in [-0.39, 0.29) is 0 Å². The first-order chi connectivity index (χ1) is 6.74. The maximum atomic E-state index is 3.59. The lowest BCUT2D eigenvalue weighted by Gasteiger charge is -2.21. The Morgan fingerprint density at radius 1 is 1.21 bits per heavy atom. The number of hydrogen-bond acceptors (Lipinski definition) is 2. The fourth-order valence-electron chi connectivity index (χ4n) is 1.86. The van der Waals surface area contributed by atoms with Crippen LogP contribution in [-0.4, -0.2) is 24.1 Å². The molecular weight excluding hydrogens is 190 g/mol. The Kier molecular flexibility index (Phi) is 10.1. The van der Waals surface area contributed by atoms with Gasteiger partial charge >= 0.3 is 0 Å². The summed E-state index contributed by atoms with van der Waals surface area (Å²) in [5.74, 6) is 3.39. The molecule has 0 bridgehead atoms. The summed E-state index contributed by atoms with van der Waals surface area (Å²) < 4.78 is 0. The van der Waals surface area contributed by atoms with E-state index < -0.39 is 0 Å². The second-order valence-electron chi connectivity index (χ2n) is 4.04. The van der Waals surface area contributed by atoms with Gasteiger partial charge in [-0.2, -0.15) is 11.8 Å². The fourth-order valence-corrected chi connectivity index (χ4v) is 2.63. The minimum Gasteiger partial charge on any atom is -0.313 e. The van der Waals surface area contributed by atoms with Crippen molar-refractivity contribution in [3.05, 3.63) is 0 Å². The summed E-state index contributed by atoms with van der Waals surface area (Å²) in [5.41, 5.74) is 0. The Morgan fingerprint density at radius 3 is 2.43 bits per heavy atom. The van der Waals surface area contributed by atoms with Crippen molar-refractivity contribution in [3.8, 4) is 0 Å². The van der Waals surface area contributed by atoms with Crippen molar-refractivity contribution in [1.29, 1.82) is 0 Å². The molecule has 0 amide bonds. The van der Waals surface area contributed by atoms with E-state index in [2.05, 4.69) is 44.8 Å². The van der Waals surface area contributed by atoms with E-state index in [9.17, 15) is 0 Å². The van der Waals surface area contributed by atoms with Crippen LogP contribution in [0.25, 0.3) is 0 Å². The molecule has 0 spiro atoms. The average Bonchev–Trinajstić information content (AvgIpc) is 2.15. The van der Waals surface area contributed by atoms with Crippen LogP contribution in [0.1, 0.15) is 47.0 Å². The minimum atomic E-state index is 0.728. The Labute approximate surface area is 94.4 Å². The SMILES string of the molecule is CCCC(C)CC(CSCC)NCC. The van der Waals surface area contributed by atoms with Gasteiger partial charge in [-0.3, -0.25) is 0 Å². The van der Waals surface area contributed by atoms with Gasteiger partial charge in [-0.25, -0.2) is 0 Å². The van der Waals surface area contributed by atoms with Crippen molar-refractivity contribution in [2.75, 3.05) is 18.1 Å². The smallest absolute Gasteiger partial charge is 0.0160 e. The first-order valence-electron chi connectivity index (χ1n) is 6.05. The van der Waals surface area contributed by atoms with Crippen LogP contribution >= 0.6 is 11.8 Å². The highest BCUT2D eigenvalue weighted by atomic mass is 32.2.